The van der Waals surface area contributed by atoms with E-state index in [0.29, 0.717) is 0 Å². The fourth-order valence-electron chi connectivity index (χ4n) is 2.71. The Morgan fingerprint density at radius 1 is 1.25 bits per heavy atom. The first-order valence-electron chi connectivity index (χ1n) is 7.25. The summed E-state index contributed by atoms with van der Waals surface area (Å²) in [6.07, 6.45) is 8.99. The number of nitrogens with one attached hydrogen (secondary N) is 1. The zero-order valence-corrected chi connectivity index (χ0v) is 12.3. The van der Waals surface area contributed by atoms with E-state index >= 15 is 0 Å². The SMILES string of the molecule is Cc1cnn([C@H](C)[C@H](C)Nc2ncnc3c2CCC3)c1. The maximum atomic E-state index is 4.42. The number of nitrogens with zero attached hydrogens (tertiary/aromatic N) is 4. The highest BCUT2D eigenvalue weighted by Crippen LogP contribution is 2.26. The van der Waals surface area contributed by atoms with Gasteiger partial charge in [0.15, 0.2) is 0 Å². The summed E-state index contributed by atoms with van der Waals surface area (Å²) in [5.41, 5.74) is 3.69. The third-order valence-electron chi connectivity index (χ3n) is 4.11. The van der Waals surface area contributed by atoms with E-state index in [-0.39, 0.29) is 12.1 Å². The Morgan fingerprint density at radius 2 is 2.10 bits per heavy atom. The van der Waals surface area contributed by atoms with Gasteiger partial charge in [-0.3, -0.25) is 4.68 Å². The summed E-state index contributed by atoms with van der Waals surface area (Å²) in [5.74, 6) is 0.996. The highest BCUT2D eigenvalue weighted by Gasteiger charge is 2.20. The monoisotopic (exact) mass is 271 g/mol. The molecule has 0 spiro atoms. The Labute approximate surface area is 119 Å². The van der Waals surface area contributed by atoms with Crippen molar-refractivity contribution in [3.8, 4) is 0 Å². The molecule has 0 bridgehead atoms. The van der Waals surface area contributed by atoms with Gasteiger partial charge in [-0.05, 0) is 45.6 Å². The van der Waals surface area contributed by atoms with E-state index in [4.69, 9.17) is 0 Å². The van der Waals surface area contributed by atoms with E-state index in [2.05, 4.69) is 47.4 Å². The fourth-order valence-corrected chi connectivity index (χ4v) is 2.71. The molecule has 0 saturated heterocycles. The van der Waals surface area contributed by atoms with Crippen LogP contribution in [0.25, 0.3) is 0 Å². The topological polar surface area (TPSA) is 55.6 Å². The Hall–Kier alpha value is -1.91. The molecule has 5 heteroatoms. The molecule has 2 atom stereocenters. The average molecular weight is 271 g/mol. The van der Waals surface area contributed by atoms with Gasteiger partial charge < -0.3 is 5.32 Å². The molecule has 1 aliphatic rings. The average Bonchev–Trinajstić information content (AvgIpc) is 3.06. The molecule has 0 amide bonds. The number of fused-ring (bicyclic) bond motifs is 1. The van der Waals surface area contributed by atoms with E-state index in [1.807, 2.05) is 10.9 Å². The molecular formula is C15H21N5. The predicted molar refractivity (Wildman–Crippen MR) is 78.8 cm³/mol. The number of hydrogen-bond donors (Lipinski definition) is 1. The van der Waals surface area contributed by atoms with E-state index in [0.717, 1.165) is 18.7 Å². The molecule has 0 aliphatic heterocycles. The minimum atomic E-state index is 0.258. The van der Waals surface area contributed by atoms with E-state index in [1.165, 1.54) is 23.2 Å². The zero-order chi connectivity index (χ0) is 14.1. The summed E-state index contributed by atoms with van der Waals surface area (Å²) in [6, 6.07) is 0.532. The number of aromatic nitrogens is 4. The second kappa shape index (κ2) is 5.23. The third-order valence-corrected chi connectivity index (χ3v) is 4.11. The van der Waals surface area contributed by atoms with Crippen molar-refractivity contribution in [3.63, 3.8) is 0 Å². The predicted octanol–water partition coefficient (Wildman–Crippen LogP) is 2.53. The van der Waals surface area contributed by atoms with Gasteiger partial charge in [0, 0.05) is 23.5 Å². The van der Waals surface area contributed by atoms with E-state index in [9.17, 15) is 0 Å². The maximum Gasteiger partial charge on any atom is 0.133 e. The minimum absolute atomic E-state index is 0.258. The van der Waals surface area contributed by atoms with Crippen LogP contribution in [-0.4, -0.2) is 25.8 Å². The largest absolute Gasteiger partial charge is 0.365 e. The van der Waals surface area contributed by atoms with Gasteiger partial charge in [0.05, 0.1) is 12.2 Å². The first-order valence-corrected chi connectivity index (χ1v) is 7.25. The summed E-state index contributed by atoms with van der Waals surface area (Å²) in [7, 11) is 0. The Balaban J connectivity index is 1.76. The van der Waals surface area contributed by atoms with Gasteiger partial charge in [-0.25, -0.2) is 9.97 Å². The number of hydrogen-bond acceptors (Lipinski definition) is 4. The molecule has 0 fully saturated rings. The van der Waals surface area contributed by atoms with Crippen molar-refractivity contribution in [2.75, 3.05) is 5.32 Å². The van der Waals surface area contributed by atoms with Crippen LogP contribution in [0.5, 0.6) is 0 Å². The molecule has 2 aromatic rings. The number of aryl methyl sites for hydroxylation is 2. The smallest absolute Gasteiger partial charge is 0.133 e. The molecule has 1 aliphatic carbocycles. The molecule has 2 heterocycles. The highest BCUT2D eigenvalue weighted by molar-refractivity contribution is 5.48. The van der Waals surface area contributed by atoms with Crippen molar-refractivity contribution in [1.82, 2.24) is 19.7 Å². The zero-order valence-electron chi connectivity index (χ0n) is 12.3. The first kappa shape index (κ1) is 13.1. The fraction of sp³-hybridized carbons (Fsp3) is 0.533. The second-order valence-electron chi connectivity index (χ2n) is 5.67. The summed E-state index contributed by atoms with van der Waals surface area (Å²) in [6.45, 7) is 6.41. The normalized spacial score (nSPS) is 16.8. The van der Waals surface area contributed by atoms with Gasteiger partial charge in [0.25, 0.3) is 0 Å². The van der Waals surface area contributed by atoms with E-state index < -0.39 is 0 Å². The summed E-state index contributed by atoms with van der Waals surface area (Å²) in [4.78, 5) is 8.78. The lowest BCUT2D eigenvalue weighted by Gasteiger charge is -2.23. The van der Waals surface area contributed by atoms with Crippen molar-refractivity contribution in [2.24, 2.45) is 0 Å². The molecule has 0 saturated carbocycles. The number of anilines is 1. The Bertz CT molecular complexity index is 604. The van der Waals surface area contributed by atoms with Crippen molar-refractivity contribution in [2.45, 2.75) is 52.1 Å². The molecule has 0 aromatic carbocycles. The van der Waals surface area contributed by atoms with Crippen LogP contribution in [0.1, 0.15) is 43.1 Å². The molecule has 20 heavy (non-hydrogen) atoms. The quantitative estimate of drug-likeness (QED) is 0.928. The number of rotatable bonds is 4. The van der Waals surface area contributed by atoms with Crippen molar-refractivity contribution >= 4 is 5.82 Å². The van der Waals surface area contributed by atoms with Crippen LogP contribution in [0.4, 0.5) is 5.82 Å². The maximum absolute atomic E-state index is 4.42. The molecular weight excluding hydrogens is 250 g/mol. The van der Waals surface area contributed by atoms with Crippen LogP contribution >= 0.6 is 0 Å². The van der Waals surface area contributed by atoms with Gasteiger partial charge in [-0.1, -0.05) is 0 Å². The molecule has 0 unspecified atom stereocenters. The molecule has 0 radical (unpaired) electrons. The van der Waals surface area contributed by atoms with Gasteiger partial charge in [0.2, 0.25) is 0 Å². The molecule has 106 valence electrons. The summed E-state index contributed by atoms with van der Waals surface area (Å²) >= 11 is 0. The Morgan fingerprint density at radius 3 is 2.85 bits per heavy atom. The second-order valence-corrected chi connectivity index (χ2v) is 5.67. The van der Waals surface area contributed by atoms with Crippen LogP contribution in [-0.2, 0) is 12.8 Å². The molecule has 3 rings (SSSR count). The Kier molecular flexibility index (Phi) is 3.42. The van der Waals surface area contributed by atoms with Gasteiger partial charge in [-0.2, -0.15) is 5.10 Å². The molecule has 2 aromatic heterocycles. The van der Waals surface area contributed by atoms with E-state index in [1.54, 1.807) is 6.33 Å². The van der Waals surface area contributed by atoms with Crippen LogP contribution in [0, 0.1) is 6.92 Å². The lowest BCUT2D eigenvalue weighted by Crippen LogP contribution is -2.28. The highest BCUT2D eigenvalue weighted by atomic mass is 15.3. The van der Waals surface area contributed by atoms with Gasteiger partial charge >= 0.3 is 0 Å². The lowest BCUT2D eigenvalue weighted by atomic mass is 10.1. The lowest BCUT2D eigenvalue weighted by molar-refractivity contribution is 0.442. The molecule has 5 nitrogen and oxygen atoms in total. The van der Waals surface area contributed by atoms with Crippen molar-refractivity contribution in [1.29, 1.82) is 0 Å². The van der Waals surface area contributed by atoms with Crippen molar-refractivity contribution < 1.29 is 0 Å². The summed E-state index contributed by atoms with van der Waals surface area (Å²) < 4.78 is 2.01. The van der Waals surface area contributed by atoms with Crippen molar-refractivity contribution in [3.05, 3.63) is 35.5 Å². The summed E-state index contributed by atoms with van der Waals surface area (Å²) in [5, 5.41) is 7.93. The minimum Gasteiger partial charge on any atom is -0.365 e. The van der Waals surface area contributed by atoms with Crippen LogP contribution in [0.2, 0.25) is 0 Å². The van der Waals surface area contributed by atoms with Crippen LogP contribution < -0.4 is 5.32 Å². The first-order chi connectivity index (χ1) is 9.65. The molecule has 1 N–H and O–H groups in total. The third kappa shape index (κ3) is 2.40. The van der Waals surface area contributed by atoms with Gasteiger partial charge in [-0.15, -0.1) is 0 Å². The standard InChI is InChI=1S/C15H21N5/c1-10-7-18-20(8-10)12(3)11(2)19-15-13-5-4-6-14(13)16-9-17-15/h7-9,11-12H,4-6H2,1-3H3,(H,16,17,19)/t11-,12+/m0/s1. The van der Waals surface area contributed by atoms with Gasteiger partial charge in [0.1, 0.15) is 12.1 Å². The van der Waals surface area contributed by atoms with Crippen LogP contribution in [0.15, 0.2) is 18.7 Å². The van der Waals surface area contributed by atoms with Crippen LogP contribution in [0.3, 0.4) is 0 Å².